The van der Waals surface area contributed by atoms with E-state index in [-0.39, 0.29) is 11.7 Å². The van der Waals surface area contributed by atoms with Gasteiger partial charge in [-0.2, -0.15) is 0 Å². The van der Waals surface area contributed by atoms with Crippen molar-refractivity contribution in [1.82, 2.24) is 0 Å². The fourth-order valence-electron chi connectivity index (χ4n) is 2.47. The van der Waals surface area contributed by atoms with E-state index >= 15 is 0 Å². The molecular weight excluding hydrogens is 252 g/mol. The molecule has 2 aromatic carbocycles. The fraction of sp³-hybridized carbons (Fsp3) is 0.125. The van der Waals surface area contributed by atoms with Gasteiger partial charge in [-0.15, -0.1) is 0 Å². The van der Waals surface area contributed by atoms with E-state index in [1.807, 2.05) is 12.1 Å². The van der Waals surface area contributed by atoms with Crippen LogP contribution < -0.4 is 10.6 Å². The third-order valence-electron chi connectivity index (χ3n) is 3.56. The van der Waals surface area contributed by atoms with Crippen molar-refractivity contribution in [2.45, 2.75) is 13.5 Å². The van der Waals surface area contributed by atoms with E-state index in [1.54, 1.807) is 35.2 Å². The van der Waals surface area contributed by atoms with Crippen LogP contribution in [0.1, 0.15) is 33.2 Å². The summed E-state index contributed by atoms with van der Waals surface area (Å²) in [7, 11) is 0. The predicted molar refractivity (Wildman–Crippen MR) is 77.8 cm³/mol. The Balaban J connectivity index is 1.96. The maximum absolute atomic E-state index is 12.4. The van der Waals surface area contributed by atoms with E-state index < -0.39 is 0 Å². The van der Waals surface area contributed by atoms with E-state index in [2.05, 4.69) is 0 Å². The quantitative estimate of drug-likeness (QED) is 0.671. The highest BCUT2D eigenvalue weighted by molar-refractivity contribution is 6.13. The summed E-state index contributed by atoms with van der Waals surface area (Å²) >= 11 is 0. The van der Waals surface area contributed by atoms with E-state index in [0.717, 1.165) is 11.3 Å². The molecule has 1 amide bonds. The molecule has 0 fully saturated rings. The zero-order valence-corrected chi connectivity index (χ0v) is 11.1. The molecule has 0 aromatic heterocycles. The van der Waals surface area contributed by atoms with Crippen molar-refractivity contribution in [1.29, 1.82) is 0 Å². The minimum Gasteiger partial charge on any atom is -0.398 e. The average molecular weight is 266 g/mol. The van der Waals surface area contributed by atoms with Crippen molar-refractivity contribution in [2.24, 2.45) is 0 Å². The Labute approximate surface area is 116 Å². The molecule has 0 bridgehead atoms. The molecule has 2 aromatic rings. The maximum atomic E-state index is 12.4. The molecule has 0 unspecified atom stereocenters. The van der Waals surface area contributed by atoms with E-state index in [1.165, 1.54) is 6.92 Å². The van der Waals surface area contributed by atoms with Gasteiger partial charge in [-0.25, -0.2) is 0 Å². The number of nitrogens with two attached hydrogens (primary N) is 1. The van der Waals surface area contributed by atoms with Crippen molar-refractivity contribution in [3.05, 3.63) is 59.2 Å². The first kappa shape index (κ1) is 12.4. The highest BCUT2D eigenvalue weighted by Crippen LogP contribution is 2.31. The van der Waals surface area contributed by atoms with Gasteiger partial charge in [0.25, 0.3) is 5.91 Å². The van der Waals surface area contributed by atoms with Gasteiger partial charge < -0.3 is 10.6 Å². The lowest BCUT2D eigenvalue weighted by Crippen LogP contribution is -2.23. The molecule has 0 radical (unpaired) electrons. The molecule has 1 aliphatic heterocycles. The van der Waals surface area contributed by atoms with Gasteiger partial charge in [0.1, 0.15) is 0 Å². The first-order valence-electron chi connectivity index (χ1n) is 6.38. The van der Waals surface area contributed by atoms with Crippen LogP contribution in [0.3, 0.4) is 0 Å². The molecule has 4 heteroatoms. The standard InChI is InChI=1S/C16H14N2O2/c1-10(19)11-5-7-13(8-6-11)18-9-12-3-2-4-14(17)15(12)16(18)20/h2-8H,9,17H2,1H3. The molecule has 0 saturated carbocycles. The van der Waals surface area contributed by atoms with Gasteiger partial charge in [0.2, 0.25) is 0 Å². The average Bonchev–Trinajstić information content (AvgIpc) is 2.77. The molecule has 2 N–H and O–H groups in total. The topological polar surface area (TPSA) is 63.4 Å². The number of rotatable bonds is 2. The van der Waals surface area contributed by atoms with Crippen molar-refractivity contribution in [3.63, 3.8) is 0 Å². The highest BCUT2D eigenvalue weighted by Gasteiger charge is 2.30. The molecule has 20 heavy (non-hydrogen) atoms. The number of fused-ring (bicyclic) bond motifs is 1. The first-order valence-corrected chi connectivity index (χ1v) is 6.38. The zero-order chi connectivity index (χ0) is 14.3. The van der Waals surface area contributed by atoms with Crippen LogP contribution in [0.2, 0.25) is 0 Å². The number of amides is 1. The number of hydrogen-bond donors (Lipinski definition) is 1. The van der Waals surface area contributed by atoms with Crippen LogP contribution in [0.15, 0.2) is 42.5 Å². The van der Waals surface area contributed by atoms with Crippen molar-refractivity contribution >= 4 is 23.1 Å². The highest BCUT2D eigenvalue weighted by atomic mass is 16.2. The second kappa shape index (κ2) is 4.49. The maximum Gasteiger partial charge on any atom is 0.261 e. The van der Waals surface area contributed by atoms with E-state index in [4.69, 9.17) is 5.73 Å². The number of nitrogen functional groups attached to an aromatic ring is 1. The molecule has 0 saturated heterocycles. The van der Waals surface area contributed by atoms with Crippen LogP contribution in [0.5, 0.6) is 0 Å². The minimum absolute atomic E-state index is 0.0110. The van der Waals surface area contributed by atoms with Gasteiger partial charge >= 0.3 is 0 Å². The molecule has 3 rings (SSSR count). The van der Waals surface area contributed by atoms with Crippen molar-refractivity contribution in [2.75, 3.05) is 10.6 Å². The normalized spacial score (nSPS) is 13.4. The summed E-state index contributed by atoms with van der Waals surface area (Å²) in [4.78, 5) is 25.4. The van der Waals surface area contributed by atoms with Crippen LogP contribution in [0, 0.1) is 0 Å². The Morgan fingerprint density at radius 3 is 2.45 bits per heavy atom. The van der Waals surface area contributed by atoms with Gasteiger partial charge in [0.15, 0.2) is 5.78 Å². The second-order valence-corrected chi connectivity index (χ2v) is 4.88. The van der Waals surface area contributed by atoms with Crippen LogP contribution in [-0.4, -0.2) is 11.7 Å². The number of anilines is 2. The first-order chi connectivity index (χ1) is 9.58. The third-order valence-corrected chi connectivity index (χ3v) is 3.56. The third kappa shape index (κ3) is 1.86. The van der Waals surface area contributed by atoms with Gasteiger partial charge in [0.05, 0.1) is 12.1 Å². The number of Topliss-reactive ketones (excluding diaryl/α,β-unsaturated/α-hetero) is 1. The summed E-state index contributed by atoms with van der Waals surface area (Å²) in [5, 5.41) is 0. The number of ketones is 1. The van der Waals surface area contributed by atoms with Crippen molar-refractivity contribution in [3.8, 4) is 0 Å². The lowest BCUT2D eigenvalue weighted by Gasteiger charge is -2.16. The summed E-state index contributed by atoms with van der Waals surface area (Å²) in [6, 6.07) is 12.5. The molecule has 0 aliphatic carbocycles. The van der Waals surface area contributed by atoms with Crippen LogP contribution in [-0.2, 0) is 6.54 Å². The SMILES string of the molecule is CC(=O)c1ccc(N2Cc3cccc(N)c3C2=O)cc1. The Morgan fingerprint density at radius 1 is 1.15 bits per heavy atom. The van der Waals surface area contributed by atoms with Crippen LogP contribution in [0.25, 0.3) is 0 Å². The summed E-state index contributed by atoms with van der Waals surface area (Å²) in [5.74, 6) is -0.0782. The lowest BCUT2D eigenvalue weighted by atomic mass is 10.1. The molecule has 4 nitrogen and oxygen atoms in total. The Bertz CT molecular complexity index is 705. The molecular formula is C16H14N2O2. The van der Waals surface area contributed by atoms with Crippen LogP contribution in [0.4, 0.5) is 11.4 Å². The summed E-state index contributed by atoms with van der Waals surface area (Å²) in [6.07, 6.45) is 0. The van der Waals surface area contributed by atoms with Crippen LogP contribution >= 0.6 is 0 Å². The summed E-state index contributed by atoms with van der Waals surface area (Å²) < 4.78 is 0. The molecule has 100 valence electrons. The van der Waals surface area contributed by atoms with E-state index in [9.17, 15) is 9.59 Å². The Kier molecular flexibility index (Phi) is 2.79. The summed E-state index contributed by atoms with van der Waals surface area (Å²) in [6.45, 7) is 2.03. The number of hydrogen-bond acceptors (Lipinski definition) is 3. The van der Waals surface area contributed by atoms with Crippen molar-refractivity contribution < 1.29 is 9.59 Å². The monoisotopic (exact) mass is 266 g/mol. The van der Waals surface area contributed by atoms with E-state index in [0.29, 0.717) is 23.4 Å². The largest absolute Gasteiger partial charge is 0.398 e. The van der Waals surface area contributed by atoms with Gasteiger partial charge in [-0.3, -0.25) is 9.59 Å². The Hall–Kier alpha value is -2.62. The molecule has 1 heterocycles. The van der Waals surface area contributed by atoms with Gasteiger partial charge in [-0.1, -0.05) is 12.1 Å². The summed E-state index contributed by atoms with van der Waals surface area (Å²) in [5.41, 5.74) is 9.32. The molecule has 0 spiro atoms. The number of carbonyl (C=O) groups excluding carboxylic acids is 2. The van der Waals surface area contributed by atoms with Gasteiger partial charge in [0, 0.05) is 16.9 Å². The minimum atomic E-state index is -0.0892. The number of carbonyl (C=O) groups is 2. The smallest absolute Gasteiger partial charge is 0.261 e. The second-order valence-electron chi connectivity index (χ2n) is 4.88. The molecule has 1 aliphatic rings. The number of benzene rings is 2. The Morgan fingerprint density at radius 2 is 1.85 bits per heavy atom. The predicted octanol–water partition coefficient (Wildman–Crippen LogP) is 2.63. The molecule has 0 atom stereocenters. The fourth-order valence-corrected chi connectivity index (χ4v) is 2.47. The lowest BCUT2D eigenvalue weighted by molar-refractivity contribution is 0.0995. The van der Waals surface area contributed by atoms with Gasteiger partial charge in [-0.05, 0) is 42.8 Å². The number of nitrogens with zero attached hydrogens (tertiary/aromatic N) is 1. The zero-order valence-electron chi connectivity index (χ0n) is 11.1.